The summed E-state index contributed by atoms with van der Waals surface area (Å²) in [5.41, 5.74) is 15.0. The molecule has 0 spiro atoms. The molecule has 109 heavy (non-hydrogen) atoms. The molecule has 13 atom stereocenters. The first-order chi connectivity index (χ1) is 52.1. The Kier molecular flexibility index (Phi) is 33.8. The van der Waals surface area contributed by atoms with E-state index in [0.717, 1.165) is 44.8 Å². The predicted molar refractivity (Wildman–Crippen MR) is 410 cm³/mol. The standard InChI is InChI=1S/C76H96N14O17S2/c1-43(2)79-39-50-24-22-48(23-25-50)36-59-71(99)88-64(44(3)92)74(102)85-60(35-47-17-9-6-10-18-47)72(100)89-65(45(4)93)75(103)86-62(40-91)73(101)87-63(76(104)105)42-109-108-41-55(78)66(94)80-56(21-13-14-32-77)67(95)81-57(34-46-15-7-5-8-16-46)68(96)82-58(37-49-27-30-54(31-28-49)90(106)107)69(97)84-61(70(98)83-59)38-51-26-29-52-19-11-12-20-53(52)33-51/h5-12,15-20,22-31,33,43-45,55-65,79,91-93H,13-14,21,32,34-42,77-78H2,1-4H3,(H,80,94)(H,81,95)(H,82,96)(H,83,98)(H,84,97)(H,85,102)(H,86,103)(H,87,101)(H,88,99)(H,89,100)(H,104,105)/t44-,45-,55+,56+,57?,58+,59?,60+,61?,62+,63+,64?,65?/m1/s1. The zero-order valence-electron chi connectivity index (χ0n) is 60.7. The van der Waals surface area contributed by atoms with E-state index in [0.29, 0.717) is 41.6 Å². The van der Waals surface area contributed by atoms with E-state index in [1.54, 1.807) is 109 Å². The Bertz CT molecular complexity index is 4090. The molecule has 584 valence electrons. The smallest absolute Gasteiger partial charge is 0.327 e. The van der Waals surface area contributed by atoms with E-state index in [-0.39, 0.29) is 73.9 Å². The number of aliphatic hydroxyl groups is 3. The number of carbonyl (C=O) groups is 11. The van der Waals surface area contributed by atoms with Gasteiger partial charge in [0.25, 0.3) is 5.69 Å². The molecule has 1 aliphatic rings. The fourth-order valence-corrected chi connectivity index (χ4v) is 13.9. The molecule has 0 radical (unpaired) electrons. The van der Waals surface area contributed by atoms with Crippen LogP contribution in [0.5, 0.6) is 0 Å². The molecule has 1 saturated heterocycles. The van der Waals surface area contributed by atoms with Gasteiger partial charge in [-0.15, -0.1) is 0 Å². The summed E-state index contributed by atoms with van der Waals surface area (Å²) in [5.74, 6) is -12.6. The number of nitrogens with zero attached hydrogens (tertiary/aromatic N) is 1. The molecule has 0 bridgehead atoms. The first kappa shape index (κ1) is 85.9. The van der Waals surface area contributed by atoms with Crippen molar-refractivity contribution in [2.45, 2.75) is 170 Å². The predicted octanol–water partition coefficient (Wildman–Crippen LogP) is 0.297. The molecule has 0 aromatic heterocycles. The number of aliphatic hydroxyl groups excluding tert-OH is 3. The number of nitrogens with one attached hydrogen (secondary N) is 11. The summed E-state index contributed by atoms with van der Waals surface area (Å²) in [4.78, 5) is 171. The molecule has 19 N–H and O–H groups in total. The summed E-state index contributed by atoms with van der Waals surface area (Å²) in [6, 6.07) is 23.2. The lowest BCUT2D eigenvalue weighted by Crippen LogP contribution is -2.63. The second-order valence-corrected chi connectivity index (χ2v) is 29.4. The zero-order valence-corrected chi connectivity index (χ0v) is 62.4. The summed E-state index contributed by atoms with van der Waals surface area (Å²) in [6.45, 7) is 5.77. The highest BCUT2D eigenvalue weighted by Crippen LogP contribution is 2.24. The van der Waals surface area contributed by atoms with Crippen LogP contribution in [-0.4, -0.2) is 200 Å². The van der Waals surface area contributed by atoms with E-state index in [9.17, 15) is 64.1 Å². The van der Waals surface area contributed by atoms with Gasteiger partial charge in [-0.25, -0.2) is 4.79 Å². The van der Waals surface area contributed by atoms with Crippen molar-refractivity contribution in [1.82, 2.24) is 58.5 Å². The van der Waals surface area contributed by atoms with Gasteiger partial charge in [-0.1, -0.05) is 175 Å². The van der Waals surface area contributed by atoms with Gasteiger partial charge in [0.2, 0.25) is 59.1 Å². The lowest BCUT2D eigenvalue weighted by Gasteiger charge is -2.29. The minimum atomic E-state index is -1.93. The third kappa shape index (κ3) is 27.4. The van der Waals surface area contributed by atoms with Crippen molar-refractivity contribution in [3.8, 4) is 0 Å². The lowest BCUT2D eigenvalue weighted by molar-refractivity contribution is -0.384. The maximum absolute atomic E-state index is 15.6. The molecule has 31 nitrogen and oxygen atoms in total. The minimum absolute atomic E-state index is 0.0187. The number of nitrogens with two attached hydrogens (primary N) is 2. The normalized spacial score (nSPS) is 23.3. The fourth-order valence-electron chi connectivity index (χ4n) is 11.6. The third-order valence-electron chi connectivity index (χ3n) is 17.8. The van der Waals surface area contributed by atoms with Gasteiger partial charge < -0.3 is 90.4 Å². The third-order valence-corrected chi connectivity index (χ3v) is 20.2. The molecule has 6 aromatic carbocycles. The first-order valence-corrected chi connectivity index (χ1v) is 38.1. The van der Waals surface area contributed by atoms with E-state index in [2.05, 4.69) is 58.5 Å². The highest BCUT2D eigenvalue weighted by molar-refractivity contribution is 8.76. The van der Waals surface area contributed by atoms with Crippen LogP contribution in [0.25, 0.3) is 10.8 Å². The number of benzene rings is 6. The van der Waals surface area contributed by atoms with Crippen molar-refractivity contribution in [1.29, 1.82) is 0 Å². The van der Waals surface area contributed by atoms with Crippen LogP contribution in [0.4, 0.5) is 5.69 Å². The van der Waals surface area contributed by atoms with E-state index in [4.69, 9.17) is 11.5 Å². The van der Waals surface area contributed by atoms with Crippen molar-refractivity contribution >= 4 is 103 Å². The second-order valence-electron chi connectivity index (χ2n) is 26.9. The molecule has 1 fully saturated rings. The molecule has 7 rings (SSSR count). The minimum Gasteiger partial charge on any atom is -0.480 e. The number of amides is 10. The summed E-state index contributed by atoms with van der Waals surface area (Å²) >= 11 is 0. The number of non-ortho nitro benzene ring substituents is 1. The monoisotopic (exact) mass is 1540 g/mol. The van der Waals surface area contributed by atoms with E-state index < -0.39 is 155 Å². The Labute approximate surface area is 638 Å². The highest BCUT2D eigenvalue weighted by atomic mass is 33.1. The quantitative estimate of drug-likeness (QED) is 0.0188. The van der Waals surface area contributed by atoms with Crippen LogP contribution in [0.2, 0.25) is 0 Å². The molecule has 1 heterocycles. The maximum Gasteiger partial charge on any atom is 0.327 e. The molecule has 0 saturated carbocycles. The Balaban J connectivity index is 1.34. The SMILES string of the molecule is CC(C)NCc1ccc(CC2NC(=O)C(Cc3ccc4ccccc4c3)NC(=O)[C@H](Cc3ccc([N+](=O)[O-])cc3)NC(=O)C(Cc3ccccc3)NC(=O)[C@H](CCCCN)NC(=O)[C@@H](N)CSSC[C@@H](C(=O)O)NC(=O)[C@H](CO)NC(=O)C([C@@H](C)O)NC(=O)[C@H](Cc3ccccc3)NC(=O)C([C@@H](C)O)NC2=O)cc1. The van der Waals surface area contributed by atoms with E-state index in [1.807, 2.05) is 32.0 Å². The van der Waals surface area contributed by atoms with Gasteiger partial charge in [0.15, 0.2) is 0 Å². The second kappa shape index (κ2) is 43.0. The molecule has 10 amide bonds. The molecule has 33 heteroatoms. The van der Waals surface area contributed by atoms with Gasteiger partial charge in [0.05, 0.1) is 29.8 Å². The first-order valence-electron chi connectivity index (χ1n) is 35.6. The van der Waals surface area contributed by atoms with Gasteiger partial charge in [-0.05, 0) is 83.8 Å². The van der Waals surface area contributed by atoms with Crippen LogP contribution in [-0.2, 0) is 91.4 Å². The number of hydrogen-bond acceptors (Lipinski definition) is 21. The number of carboxylic acids is 1. The van der Waals surface area contributed by atoms with Crippen molar-refractivity contribution in [3.63, 3.8) is 0 Å². The molecule has 5 unspecified atom stereocenters. The Morgan fingerprint density at radius 2 is 0.844 bits per heavy atom. The summed E-state index contributed by atoms with van der Waals surface area (Å²) in [6.07, 6.45) is -4.30. The van der Waals surface area contributed by atoms with E-state index in [1.165, 1.54) is 31.2 Å². The Hall–Kier alpha value is -10.4. The summed E-state index contributed by atoms with van der Waals surface area (Å²) < 4.78 is 0. The topological polar surface area (TPSA) is 496 Å². The number of rotatable bonds is 22. The number of carbonyl (C=O) groups excluding carboxylic acids is 10. The van der Waals surface area contributed by atoms with Gasteiger partial charge in [-0.2, -0.15) is 0 Å². The van der Waals surface area contributed by atoms with Crippen molar-refractivity contribution in [3.05, 3.63) is 195 Å². The summed E-state index contributed by atoms with van der Waals surface area (Å²) in [5, 5.41) is 85.5. The van der Waals surface area contributed by atoms with Crippen LogP contribution in [0.3, 0.4) is 0 Å². The molecular weight excluding hydrogens is 1450 g/mol. The van der Waals surface area contributed by atoms with Gasteiger partial charge in [-0.3, -0.25) is 58.1 Å². The molecule has 1 aliphatic heterocycles. The van der Waals surface area contributed by atoms with Crippen LogP contribution >= 0.6 is 21.6 Å². The number of nitro benzene ring substituents is 1. The number of aliphatic carboxylic acids is 1. The van der Waals surface area contributed by atoms with Crippen molar-refractivity contribution in [2.24, 2.45) is 11.5 Å². The Morgan fingerprint density at radius 1 is 0.468 bits per heavy atom. The largest absolute Gasteiger partial charge is 0.480 e. The number of unbranched alkanes of at least 4 members (excludes halogenated alkanes) is 1. The van der Waals surface area contributed by atoms with Crippen LogP contribution in [0.15, 0.2) is 152 Å². The summed E-state index contributed by atoms with van der Waals surface area (Å²) in [7, 11) is 1.79. The van der Waals surface area contributed by atoms with Crippen LogP contribution in [0.1, 0.15) is 80.3 Å². The molecular formula is C76H96N14O17S2. The van der Waals surface area contributed by atoms with Crippen LogP contribution in [0, 0.1) is 10.1 Å². The molecule has 6 aromatic rings. The van der Waals surface area contributed by atoms with Crippen molar-refractivity contribution in [2.75, 3.05) is 24.7 Å². The average Bonchev–Trinajstić information content (AvgIpc) is 0.821. The van der Waals surface area contributed by atoms with Gasteiger partial charge in [0, 0.05) is 68.3 Å². The highest BCUT2D eigenvalue weighted by Gasteiger charge is 2.39. The average molecular weight is 1540 g/mol. The number of hydrogen-bond donors (Lipinski definition) is 17. The zero-order chi connectivity index (χ0) is 79.3. The van der Waals surface area contributed by atoms with Gasteiger partial charge >= 0.3 is 5.97 Å². The van der Waals surface area contributed by atoms with Gasteiger partial charge in [0.1, 0.15) is 60.4 Å². The maximum atomic E-state index is 15.6. The number of nitro groups is 1. The lowest BCUT2D eigenvalue weighted by atomic mass is 9.98. The van der Waals surface area contributed by atoms with Crippen molar-refractivity contribution < 1.29 is 78.1 Å². The Morgan fingerprint density at radius 3 is 1.29 bits per heavy atom. The van der Waals surface area contributed by atoms with Crippen LogP contribution < -0.4 is 70.0 Å². The number of fused-ring (bicyclic) bond motifs is 1. The molecule has 0 aliphatic carbocycles. The van der Waals surface area contributed by atoms with E-state index >= 15 is 19.2 Å². The number of carboxylic acid groups (broad SMARTS) is 1. The fraction of sp³-hybridized carbons (Fsp3) is 0.408.